The number of nitrogens with zero attached hydrogens (tertiary/aromatic N) is 1. The lowest BCUT2D eigenvalue weighted by Gasteiger charge is -2.02. The van der Waals surface area contributed by atoms with E-state index in [-0.39, 0.29) is 5.82 Å². The molecular formula is C10H10FNO. The summed E-state index contributed by atoms with van der Waals surface area (Å²) in [4.78, 5) is 4.15. The second kappa shape index (κ2) is 3.17. The summed E-state index contributed by atoms with van der Waals surface area (Å²) in [6.45, 7) is 3.06. The quantitative estimate of drug-likeness (QED) is 0.645. The maximum absolute atomic E-state index is 12.9. The average Bonchev–Trinajstić information content (AvgIpc) is 2.62. The Morgan fingerprint density at radius 3 is 2.92 bits per heavy atom. The molecule has 13 heavy (non-hydrogen) atoms. The van der Waals surface area contributed by atoms with E-state index >= 15 is 0 Å². The van der Waals surface area contributed by atoms with Crippen LogP contribution in [0, 0.1) is 12.7 Å². The van der Waals surface area contributed by atoms with Gasteiger partial charge in [-0.05, 0) is 30.7 Å². The molecule has 0 radical (unpaired) electrons. The first-order valence-corrected chi connectivity index (χ1v) is 4.21. The van der Waals surface area contributed by atoms with Crippen LogP contribution in [0.1, 0.15) is 11.1 Å². The van der Waals surface area contributed by atoms with Gasteiger partial charge in [0.1, 0.15) is 12.4 Å². The number of halogens is 1. The van der Waals surface area contributed by atoms with Crippen LogP contribution < -0.4 is 0 Å². The van der Waals surface area contributed by atoms with E-state index in [2.05, 4.69) is 4.99 Å². The Kier molecular flexibility index (Phi) is 2.00. The van der Waals surface area contributed by atoms with Crippen molar-refractivity contribution in [3.05, 3.63) is 35.1 Å². The fourth-order valence-corrected chi connectivity index (χ4v) is 1.29. The van der Waals surface area contributed by atoms with E-state index in [1.165, 1.54) is 6.07 Å². The minimum atomic E-state index is -0.192. The third-order valence-electron chi connectivity index (χ3n) is 1.99. The summed E-state index contributed by atoms with van der Waals surface area (Å²) in [5, 5.41) is 0. The van der Waals surface area contributed by atoms with Gasteiger partial charge in [0.05, 0.1) is 6.54 Å². The van der Waals surface area contributed by atoms with Gasteiger partial charge in [0.25, 0.3) is 0 Å². The SMILES string of the molecule is Cc1cc(C2=NCCO2)ccc1F. The summed E-state index contributed by atoms with van der Waals surface area (Å²) < 4.78 is 18.2. The van der Waals surface area contributed by atoms with Crippen LogP contribution in [0.15, 0.2) is 23.2 Å². The highest BCUT2D eigenvalue weighted by atomic mass is 19.1. The predicted octanol–water partition coefficient (Wildman–Crippen LogP) is 1.91. The van der Waals surface area contributed by atoms with Crippen molar-refractivity contribution in [1.82, 2.24) is 0 Å². The molecule has 2 nitrogen and oxygen atoms in total. The van der Waals surface area contributed by atoms with Crippen molar-refractivity contribution in [1.29, 1.82) is 0 Å². The summed E-state index contributed by atoms with van der Waals surface area (Å²) in [7, 11) is 0. The summed E-state index contributed by atoms with van der Waals surface area (Å²) in [6, 6.07) is 4.88. The Morgan fingerprint density at radius 2 is 2.31 bits per heavy atom. The van der Waals surface area contributed by atoms with E-state index in [0.29, 0.717) is 24.6 Å². The van der Waals surface area contributed by atoms with Gasteiger partial charge in [-0.1, -0.05) is 0 Å². The van der Waals surface area contributed by atoms with Crippen LogP contribution in [0.4, 0.5) is 4.39 Å². The van der Waals surface area contributed by atoms with E-state index in [0.717, 1.165) is 5.56 Å². The van der Waals surface area contributed by atoms with Crippen LogP contribution in [-0.2, 0) is 4.74 Å². The van der Waals surface area contributed by atoms with E-state index < -0.39 is 0 Å². The van der Waals surface area contributed by atoms with Crippen LogP contribution in [0.3, 0.4) is 0 Å². The number of rotatable bonds is 1. The standard InChI is InChI=1S/C10H10FNO/c1-7-6-8(2-3-9(7)11)10-12-4-5-13-10/h2-3,6H,4-5H2,1H3. The zero-order valence-electron chi connectivity index (χ0n) is 7.38. The Morgan fingerprint density at radius 1 is 1.46 bits per heavy atom. The van der Waals surface area contributed by atoms with Gasteiger partial charge in [-0.15, -0.1) is 0 Å². The zero-order chi connectivity index (χ0) is 9.26. The maximum Gasteiger partial charge on any atom is 0.216 e. The first-order chi connectivity index (χ1) is 6.27. The minimum Gasteiger partial charge on any atom is -0.476 e. The van der Waals surface area contributed by atoms with Crippen molar-refractivity contribution in [2.24, 2.45) is 4.99 Å². The lowest BCUT2D eigenvalue weighted by molar-refractivity contribution is 0.348. The molecule has 68 valence electrons. The molecule has 0 saturated heterocycles. The summed E-state index contributed by atoms with van der Waals surface area (Å²) in [5.74, 6) is 0.436. The Bertz CT molecular complexity index is 360. The third kappa shape index (κ3) is 1.54. The van der Waals surface area contributed by atoms with Crippen molar-refractivity contribution in [3.63, 3.8) is 0 Å². The summed E-state index contributed by atoms with van der Waals surface area (Å²) >= 11 is 0. The fourth-order valence-electron chi connectivity index (χ4n) is 1.29. The molecule has 0 aromatic heterocycles. The van der Waals surface area contributed by atoms with Gasteiger partial charge in [0, 0.05) is 5.56 Å². The van der Waals surface area contributed by atoms with Gasteiger partial charge in [-0.3, -0.25) is 0 Å². The molecule has 0 atom stereocenters. The Balaban J connectivity index is 2.36. The topological polar surface area (TPSA) is 21.6 Å². The number of ether oxygens (including phenoxy) is 1. The third-order valence-corrected chi connectivity index (χ3v) is 1.99. The molecule has 0 N–H and O–H groups in total. The van der Waals surface area contributed by atoms with Crippen molar-refractivity contribution in [3.8, 4) is 0 Å². The van der Waals surface area contributed by atoms with Crippen molar-refractivity contribution < 1.29 is 9.13 Å². The predicted molar refractivity (Wildman–Crippen MR) is 48.5 cm³/mol. The number of hydrogen-bond donors (Lipinski definition) is 0. The van der Waals surface area contributed by atoms with Crippen LogP contribution in [-0.4, -0.2) is 19.0 Å². The first-order valence-electron chi connectivity index (χ1n) is 4.21. The smallest absolute Gasteiger partial charge is 0.216 e. The molecule has 1 heterocycles. The lowest BCUT2D eigenvalue weighted by Crippen LogP contribution is -2.01. The van der Waals surface area contributed by atoms with Crippen LogP contribution >= 0.6 is 0 Å². The average molecular weight is 179 g/mol. The van der Waals surface area contributed by atoms with Crippen molar-refractivity contribution in [2.45, 2.75) is 6.92 Å². The van der Waals surface area contributed by atoms with Gasteiger partial charge >= 0.3 is 0 Å². The second-order valence-electron chi connectivity index (χ2n) is 3.00. The van der Waals surface area contributed by atoms with Gasteiger partial charge in [0.15, 0.2) is 0 Å². The molecule has 1 aromatic rings. The van der Waals surface area contributed by atoms with E-state index in [4.69, 9.17) is 4.74 Å². The highest BCUT2D eigenvalue weighted by Gasteiger charge is 2.10. The lowest BCUT2D eigenvalue weighted by atomic mass is 10.1. The second-order valence-corrected chi connectivity index (χ2v) is 3.00. The highest BCUT2D eigenvalue weighted by molar-refractivity contribution is 5.95. The maximum atomic E-state index is 12.9. The molecule has 0 aliphatic carbocycles. The molecule has 0 bridgehead atoms. The van der Waals surface area contributed by atoms with Gasteiger partial charge in [-0.25, -0.2) is 9.38 Å². The molecule has 2 rings (SSSR count). The summed E-state index contributed by atoms with van der Waals surface area (Å²) in [6.07, 6.45) is 0. The zero-order valence-corrected chi connectivity index (χ0v) is 7.38. The number of benzene rings is 1. The number of aryl methyl sites for hydroxylation is 1. The number of hydrogen-bond acceptors (Lipinski definition) is 2. The normalized spacial score (nSPS) is 15.4. The highest BCUT2D eigenvalue weighted by Crippen LogP contribution is 2.12. The molecule has 1 aliphatic heterocycles. The van der Waals surface area contributed by atoms with E-state index in [1.54, 1.807) is 19.1 Å². The Labute approximate surface area is 76.1 Å². The van der Waals surface area contributed by atoms with Crippen molar-refractivity contribution >= 4 is 5.90 Å². The molecule has 3 heteroatoms. The Hall–Kier alpha value is -1.38. The number of aliphatic imine (C=N–C) groups is 1. The van der Waals surface area contributed by atoms with Crippen LogP contribution in [0.2, 0.25) is 0 Å². The monoisotopic (exact) mass is 179 g/mol. The van der Waals surface area contributed by atoms with Gasteiger partial charge in [0.2, 0.25) is 5.90 Å². The van der Waals surface area contributed by atoms with Crippen LogP contribution in [0.25, 0.3) is 0 Å². The van der Waals surface area contributed by atoms with Crippen molar-refractivity contribution in [2.75, 3.05) is 13.2 Å². The first kappa shape index (κ1) is 8.23. The summed E-state index contributed by atoms with van der Waals surface area (Å²) in [5.41, 5.74) is 1.48. The van der Waals surface area contributed by atoms with Gasteiger partial charge < -0.3 is 4.74 Å². The largest absolute Gasteiger partial charge is 0.476 e. The van der Waals surface area contributed by atoms with Crippen LogP contribution in [0.5, 0.6) is 0 Å². The molecule has 0 saturated carbocycles. The minimum absolute atomic E-state index is 0.192. The van der Waals surface area contributed by atoms with E-state index in [1.807, 2.05) is 0 Å². The molecular weight excluding hydrogens is 169 g/mol. The molecule has 0 amide bonds. The molecule has 0 fully saturated rings. The fraction of sp³-hybridized carbons (Fsp3) is 0.300. The molecule has 0 spiro atoms. The molecule has 1 aliphatic rings. The molecule has 1 aromatic carbocycles. The van der Waals surface area contributed by atoms with Gasteiger partial charge in [-0.2, -0.15) is 0 Å². The van der Waals surface area contributed by atoms with E-state index in [9.17, 15) is 4.39 Å². The molecule has 0 unspecified atom stereocenters.